The first-order valence-corrected chi connectivity index (χ1v) is 7.88. The fourth-order valence-corrected chi connectivity index (χ4v) is 3.73. The molecule has 0 spiro atoms. The van der Waals surface area contributed by atoms with Gasteiger partial charge >= 0.3 is 0 Å². The van der Waals surface area contributed by atoms with Gasteiger partial charge in [0.1, 0.15) is 0 Å². The minimum atomic E-state index is -2.65. The Bertz CT molecular complexity index is 503. The van der Waals surface area contributed by atoms with Crippen molar-refractivity contribution in [2.45, 2.75) is 24.4 Å². The van der Waals surface area contributed by atoms with E-state index in [0.29, 0.717) is 25.3 Å². The SMILES string of the molecule is COCC1CC(F)(F)CN1C1CN(C(=O)c2ccsc2)C1. The summed E-state index contributed by atoms with van der Waals surface area (Å²) < 4.78 is 32.2. The second-order valence-corrected chi connectivity index (χ2v) is 6.50. The standard InChI is InChI=1S/C14H18F2N2O2S/c1-20-7-11-4-14(15,16)9-18(11)12-5-17(6-12)13(19)10-2-3-21-8-10/h2-3,8,11-12H,4-7,9H2,1H3. The van der Waals surface area contributed by atoms with Gasteiger partial charge in [0, 0.05) is 44.1 Å². The molecule has 0 N–H and O–H groups in total. The lowest BCUT2D eigenvalue weighted by Crippen LogP contribution is -2.62. The summed E-state index contributed by atoms with van der Waals surface area (Å²) in [7, 11) is 1.53. The molecular weight excluding hydrogens is 298 g/mol. The highest BCUT2D eigenvalue weighted by molar-refractivity contribution is 7.08. The largest absolute Gasteiger partial charge is 0.383 e. The van der Waals surface area contributed by atoms with Crippen LogP contribution in [0.3, 0.4) is 0 Å². The summed E-state index contributed by atoms with van der Waals surface area (Å²) >= 11 is 1.48. The van der Waals surface area contributed by atoms with Crippen LogP contribution in [0.5, 0.6) is 0 Å². The van der Waals surface area contributed by atoms with Gasteiger partial charge in [-0.05, 0) is 11.4 Å². The molecule has 2 aliphatic rings. The van der Waals surface area contributed by atoms with E-state index in [0.717, 1.165) is 0 Å². The number of hydrogen-bond donors (Lipinski definition) is 0. The third kappa shape index (κ3) is 2.95. The van der Waals surface area contributed by atoms with Crippen molar-refractivity contribution < 1.29 is 18.3 Å². The Labute approximate surface area is 126 Å². The smallest absolute Gasteiger partial charge is 0.262 e. The van der Waals surface area contributed by atoms with Crippen molar-refractivity contribution in [1.29, 1.82) is 0 Å². The van der Waals surface area contributed by atoms with E-state index in [1.807, 2.05) is 10.8 Å². The average Bonchev–Trinajstić information content (AvgIpc) is 2.96. The summed E-state index contributed by atoms with van der Waals surface area (Å²) in [4.78, 5) is 15.6. The van der Waals surface area contributed by atoms with Gasteiger partial charge in [-0.15, -0.1) is 0 Å². The van der Waals surface area contributed by atoms with E-state index in [4.69, 9.17) is 4.74 Å². The van der Waals surface area contributed by atoms with E-state index in [2.05, 4.69) is 0 Å². The third-order valence-corrected chi connectivity index (χ3v) is 4.85. The van der Waals surface area contributed by atoms with Gasteiger partial charge in [0.25, 0.3) is 11.8 Å². The highest BCUT2D eigenvalue weighted by atomic mass is 32.1. The normalized spacial score (nSPS) is 26.0. The molecule has 0 aromatic carbocycles. The Kier molecular flexibility index (Phi) is 3.98. The van der Waals surface area contributed by atoms with E-state index in [9.17, 15) is 13.6 Å². The highest BCUT2D eigenvalue weighted by Gasteiger charge is 2.50. The molecule has 116 valence electrons. The number of nitrogens with zero attached hydrogens (tertiary/aromatic N) is 2. The maximum atomic E-state index is 13.6. The number of thiophene rings is 1. The van der Waals surface area contributed by atoms with Crippen LogP contribution in [0.1, 0.15) is 16.8 Å². The summed E-state index contributed by atoms with van der Waals surface area (Å²) in [5.41, 5.74) is 0.679. The lowest BCUT2D eigenvalue weighted by Gasteiger charge is -2.45. The summed E-state index contributed by atoms with van der Waals surface area (Å²) in [6.45, 7) is 1.12. The minimum absolute atomic E-state index is 0.0123. The monoisotopic (exact) mass is 316 g/mol. The van der Waals surface area contributed by atoms with Gasteiger partial charge in [0.15, 0.2) is 0 Å². The number of likely N-dealkylation sites (tertiary alicyclic amines) is 2. The molecule has 2 aliphatic heterocycles. The van der Waals surface area contributed by atoms with Crippen LogP contribution in [0.15, 0.2) is 16.8 Å². The fourth-order valence-electron chi connectivity index (χ4n) is 3.10. The van der Waals surface area contributed by atoms with Crippen LogP contribution < -0.4 is 0 Å². The third-order valence-electron chi connectivity index (χ3n) is 4.16. The maximum absolute atomic E-state index is 13.6. The van der Waals surface area contributed by atoms with E-state index in [1.165, 1.54) is 18.4 Å². The molecule has 1 atom stereocenters. The molecule has 1 aromatic rings. The lowest BCUT2D eigenvalue weighted by molar-refractivity contribution is -0.0136. The molecule has 1 aromatic heterocycles. The van der Waals surface area contributed by atoms with Gasteiger partial charge in [-0.3, -0.25) is 9.69 Å². The molecule has 0 radical (unpaired) electrons. The molecule has 21 heavy (non-hydrogen) atoms. The molecule has 0 aliphatic carbocycles. The van der Waals surface area contributed by atoms with Crippen molar-refractivity contribution >= 4 is 17.2 Å². The topological polar surface area (TPSA) is 32.8 Å². The van der Waals surface area contributed by atoms with Crippen LogP contribution in [0.2, 0.25) is 0 Å². The number of ether oxygens (including phenoxy) is 1. The molecule has 3 heterocycles. The van der Waals surface area contributed by atoms with Gasteiger partial charge in [0.05, 0.1) is 18.7 Å². The fraction of sp³-hybridized carbons (Fsp3) is 0.643. The van der Waals surface area contributed by atoms with Gasteiger partial charge in [0.2, 0.25) is 0 Å². The van der Waals surface area contributed by atoms with Gasteiger partial charge < -0.3 is 9.64 Å². The number of halogens is 2. The maximum Gasteiger partial charge on any atom is 0.262 e. The second kappa shape index (κ2) is 5.62. The number of alkyl halides is 2. The summed E-state index contributed by atoms with van der Waals surface area (Å²) in [5, 5.41) is 3.67. The zero-order chi connectivity index (χ0) is 15.0. The zero-order valence-corrected chi connectivity index (χ0v) is 12.6. The highest BCUT2D eigenvalue weighted by Crippen LogP contribution is 2.35. The first-order chi connectivity index (χ1) is 10.00. The van der Waals surface area contributed by atoms with Crippen LogP contribution in [-0.4, -0.2) is 67.1 Å². The molecule has 1 amide bonds. The van der Waals surface area contributed by atoms with Crippen molar-refractivity contribution in [3.05, 3.63) is 22.4 Å². The Morgan fingerprint density at radius 2 is 2.29 bits per heavy atom. The quantitative estimate of drug-likeness (QED) is 0.851. The van der Waals surface area contributed by atoms with Crippen LogP contribution in [0, 0.1) is 0 Å². The van der Waals surface area contributed by atoms with Gasteiger partial charge in [-0.2, -0.15) is 11.3 Å². The molecule has 2 fully saturated rings. The lowest BCUT2D eigenvalue weighted by atomic mass is 10.0. The first-order valence-electron chi connectivity index (χ1n) is 6.94. The second-order valence-electron chi connectivity index (χ2n) is 5.72. The number of amides is 1. The molecule has 0 saturated carbocycles. The van der Waals surface area contributed by atoms with Gasteiger partial charge in [-0.1, -0.05) is 0 Å². The summed E-state index contributed by atoms with van der Waals surface area (Å²) in [5.74, 6) is -2.66. The molecule has 3 rings (SSSR count). The van der Waals surface area contributed by atoms with Crippen molar-refractivity contribution in [3.63, 3.8) is 0 Å². The van der Waals surface area contributed by atoms with Gasteiger partial charge in [-0.25, -0.2) is 8.78 Å². The van der Waals surface area contributed by atoms with Crippen molar-refractivity contribution in [1.82, 2.24) is 9.80 Å². The number of hydrogen-bond acceptors (Lipinski definition) is 4. The molecular formula is C14H18F2N2O2S. The average molecular weight is 316 g/mol. The molecule has 0 bridgehead atoms. The molecule has 2 saturated heterocycles. The van der Waals surface area contributed by atoms with E-state index >= 15 is 0 Å². The number of methoxy groups -OCH3 is 1. The molecule has 7 heteroatoms. The van der Waals surface area contributed by atoms with Crippen LogP contribution in [0.25, 0.3) is 0 Å². The van der Waals surface area contributed by atoms with Crippen molar-refractivity contribution in [2.75, 3.05) is 33.4 Å². The van der Waals surface area contributed by atoms with Crippen molar-refractivity contribution in [2.24, 2.45) is 0 Å². The predicted molar refractivity (Wildman–Crippen MR) is 75.9 cm³/mol. The Morgan fingerprint density at radius 1 is 1.52 bits per heavy atom. The minimum Gasteiger partial charge on any atom is -0.383 e. The van der Waals surface area contributed by atoms with Crippen LogP contribution in [0.4, 0.5) is 8.78 Å². The molecule has 1 unspecified atom stereocenters. The summed E-state index contributed by atoms with van der Waals surface area (Å²) in [6.07, 6.45) is -0.157. The van der Waals surface area contributed by atoms with Crippen molar-refractivity contribution in [3.8, 4) is 0 Å². The Balaban J connectivity index is 1.59. The molecule has 4 nitrogen and oxygen atoms in total. The Morgan fingerprint density at radius 3 is 2.90 bits per heavy atom. The van der Waals surface area contributed by atoms with E-state index in [-0.39, 0.29) is 31.0 Å². The number of carbonyl (C=O) groups excluding carboxylic acids is 1. The van der Waals surface area contributed by atoms with E-state index < -0.39 is 5.92 Å². The Hall–Kier alpha value is -1.05. The number of rotatable bonds is 4. The predicted octanol–water partition coefficient (Wildman–Crippen LogP) is 1.93. The summed E-state index contributed by atoms with van der Waals surface area (Å²) in [6, 6.07) is 1.55. The van der Waals surface area contributed by atoms with Crippen LogP contribution >= 0.6 is 11.3 Å². The first kappa shape index (κ1) is 14.9. The van der Waals surface area contributed by atoms with E-state index in [1.54, 1.807) is 15.9 Å². The zero-order valence-electron chi connectivity index (χ0n) is 11.8. The number of carbonyl (C=O) groups is 1. The van der Waals surface area contributed by atoms with Crippen LogP contribution in [-0.2, 0) is 4.74 Å².